The van der Waals surface area contributed by atoms with Gasteiger partial charge >= 0.3 is 5.97 Å². The number of hydrogen-bond acceptors (Lipinski definition) is 3. The summed E-state index contributed by atoms with van der Waals surface area (Å²) in [7, 11) is 0. The lowest BCUT2D eigenvalue weighted by molar-refractivity contribution is -0.146. The van der Waals surface area contributed by atoms with Crippen molar-refractivity contribution in [3.05, 3.63) is 0 Å². The largest absolute Gasteiger partial charge is 0.462 e. The molecule has 3 nitrogen and oxygen atoms in total. The third-order valence-electron chi connectivity index (χ3n) is 2.70. The smallest absolute Gasteiger partial charge is 0.320 e. The van der Waals surface area contributed by atoms with Crippen LogP contribution in [0.15, 0.2) is 0 Å². The Labute approximate surface area is 106 Å². The zero-order valence-electron chi connectivity index (χ0n) is 12.1. The molecule has 0 aliphatic rings. The van der Waals surface area contributed by atoms with E-state index in [9.17, 15) is 4.79 Å². The zero-order chi connectivity index (χ0) is 13.3. The molecule has 0 aromatic carbocycles. The molecule has 0 bridgehead atoms. The quantitative estimate of drug-likeness (QED) is 0.499. The van der Waals surface area contributed by atoms with Crippen LogP contribution in [0.5, 0.6) is 0 Å². The number of nitrogens with one attached hydrogen (secondary N) is 1. The maximum absolute atomic E-state index is 11.3. The van der Waals surface area contributed by atoms with Crippen molar-refractivity contribution in [2.75, 3.05) is 13.1 Å². The molecule has 1 N–H and O–H groups in total. The van der Waals surface area contributed by atoms with Gasteiger partial charge in [0.2, 0.25) is 0 Å². The maximum Gasteiger partial charge on any atom is 0.320 e. The van der Waals surface area contributed by atoms with Crippen LogP contribution in [0.2, 0.25) is 0 Å². The summed E-state index contributed by atoms with van der Waals surface area (Å²) in [5, 5.41) is 3.18. The van der Waals surface area contributed by atoms with Gasteiger partial charge in [-0.25, -0.2) is 0 Å². The van der Waals surface area contributed by atoms with Crippen molar-refractivity contribution in [3.63, 3.8) is 0 Å². The van der Waals surface area contributed by atoms with E-state index in [1.54, 1.807) is 0 Å². The molecule has 0 aliphatic heterocycles. The molecule has 0 fully saturated rings. The zero-order valence-corrected chi connectivity index (χ0v) is 12.1. The monoisotopic (exact) mass is 243 g/mol. The fourth-order valence-corrected chi connectivity index (χ4v) is 1.75. The van der Waals surface area contributed by atoms with Crippen LogP contribution in [0.1, 0.15) is 60.3 Å². The average Bonchev–Trinajstić information content (AvgIpc) is 2.16. The third-order valence-corrected chi connectivity index (χ3v) is 2.70. The molecule has 0 rings (SSSR count). The van der Waals surface area contributed by atoms with Crippen LogP contribution in [-0.4, -0.2) is 25.2 Å². The lowest BCUT2D eigenvalue weighted by Gasteiger charge is -2.24. The van der Waals surface area contributed by atoms with Crippen LogP contribution in [0.3, 0.4) is 0 Å². The van der Waals surface area contributed by atoms with E-state index in [0.717, 1.165) is 6.54 Å². The van der Waals surface area contributed by atoms with Crippen molar-refractivity contribution in [1.29, 1.82) is 0 Å². The number of hydrogen-bond donors (Lipinski definition) is 1. The lowest BCUT2D eigenvalue weighted by atomic mass is 9.87. The number of carbonyl (C=O) groups is 1. The molecule has 3 heteroatoms. The van der Waals surface area contributed by atoms with Crippen LogP contribution < -0.4 is 5.32 Å². The Kier molecular flexibility index (Phi) is 8.23. The molecule has 102 valence electrons. The molecule has 0 unspecified atom stereocenters. The van der Waals surface area contributed by atoms with E-state index >= 15 is 0 Å². The minimum Gasteiger partial charge on any atom is -0.462 e. The molecule has 0 aromatic heterocycles. The SMILES string of the molecule is CCCCCC(C)(C)CNCC(=O)OC(C)C. The first-order valence-electron chi connectivity index (χ1n) is 6.77. The topological polar surface area (TPSA) is 38.3 Å². The highest BCUT2D eigenvalue weighted by Crippen LogP contribution is 2.22. The summed E-state index contributed by atoms with van der Waals surface area (Å²) < 4.78 is 5.06. The molecule has 0 saturated heterocycles. The van der Waals surface area contributed by atoms with Crippen molar-refractivity contribution in [1.82, 2.24) is 5.32 Å². The highest BCUT2D eigenvalue weighted by atomic mass is 16.5. The molecule has 0 heterocycles. The summed E-state index contributed by atoms with van der Waals surface area (Å²) in [6.45, 7) is 11.6. The summed E-state index contributed by atoms with van der Waals surface area (Å²) in [4.78, 5) is 11.3. The first kappa shape index (κ1) is 16.4. The minimum absolute atomic E-state index is 0.0261. The van der Waals surface area contributed by atoms with Crippen LogP contribution in [0, 0.1) is 5.41 Å². The number of esters is 1. The van der Waals surface area contributed by atoms with E-state index in [1.165, 1.54) is 25.7 Å². The molecule has 0 amide bonds. The van der Waals surface area contributed by atoms with Gasteiger partial charge in [-0.1, -0.05) is 40.0 Å². The molecule has 0 atom stereocenters. The highest BCUT2D eigenvalue weighted by Gasteiger charge is 2.17. The Morgan fingerprint density at radius 2 is 1.94 bits per heavy atom. The van der Waals surface area contributed by atoms with Crippen LogP contribution >= 0.6 is 0 Å². The van der Waals surface area contributed by atoms with E-state index in [4.69, 9.17) is 4.74 Å². The summed E-state index contributed by atoms with van der Waals surface area (Å²) in [6, 6.07) is 0. The highest BCUT2D eigenvalue weighted by molar-refractivity contribution is 5.71. The van der Waals surface area contributed by atoms with Gasteiger partial charge in [0.15, 0.2) is 0 Å². The van der Waals surface area contributed by atoms with E-state index in [1.807, 2.05) is 13.8 Å². The molecule has 0 saturated carbocycles. The van der Waals surface area contributed by atoms with Crippen molar-refractivity contribution in [2.45, 2.75) is 66.4 Å². The average molecular weight is 243 g/mol. The summed E-state index contributed by atoms with van der Waals surface area (Å²) in [6.07, 6.45) is 4.99. The molecule has 0 radical (unpaired) electrons. The van der Waals surface area contributed by atoms with Crippen molar-refractivity contribution in [3.8, 4) is 0 Å². The maximum atomic E-state index is 11.3. The van der Waals surface area contributed by atoms with Crippen molar-refractivity contribution >= 4 is 5.97 Å². The van der Waals surface area contributed by atoms with Gasteiger partial charge in [0, 0.05) is 6.54 Å². The van der Waals surface area contributed by atoms with Crippen LogP contribution in [0.25, 0.3) is 0 Å². The lowest BCUT2D eigenvalue weighted by Crippen LogP contribution is -2.34. The summed E-state index contributed by atoms with van der Waals surface area (Å²) >= 11 is 0. The van der Waals surface area contributed by atoms with Gasteiger partial charge in [-0.05, 0) is 25.7 Å². The van der Waals surface area contributed by atoms with E-state index in [-0.39, 0.29) is 17.5 Å². The summed E-state index contributed by atoms with van der Waals surface area (Å²) in [5.41, 5.74) is 0.257. The number of ether oxygens (including phenoxy) is 1. The molecular formula is C14H29NO2. The van der Waals surface area contributed by atoms with E-state index in [0.29, 0.717) is 6.54 Å². The Hall–Kier alpha value is -0.570. The van der Waals surface area contributed by atoms with E-state index < -0.39 is 0 Å². The van der Waals surface area contributed by atoms with Gasteiger partial charge in [0.1, 0.15) is 0 Å². The predicted octanol–water partition coefficient (Wildman–Crippen LogP) is 3.13. The number of carbonyl (C=O) groups excluding carboxylic acids is 1. The van der Waals surface area contributed by atoms with Gasteiger partial charge in [-0.15, -0.1) is 0 Å². The Morgan fingerprint density at radius 1 is 1.29 bits per heavy atom. The molecule has 0 spiro atoms. The normalized spacial score (nSPS) is 11.9. The van der Waals surface area contributed by atoms with Gasteiger partial charge in [0.05, 0.1) is 12.6 Å². The fraction of sp³-hybridized carbons (Fsp3) is 0.929. The first-order valence-corrected chi connectivity index (χ1v) is 6.77. The Morgan fingerprint density at radius 3 is 2.47 bits per heavy atom. The standard InChI is InChI=1S/C14H29NO2/c1-6-7-8-9-14(4,5)11-15-10-13(16)17-12(2)3/h12,15H,6-11H2,1-5H3. The molecular weight excluding hydrogens is 214 g/mol. The number of rotatable bonds is 9. The second kappa shape index (κ2) is 8.51. The first-order chi connectivity index (χ1) is 7.87. The fourth-order valence-electron chi connectivity index (χ4n) is 1.75. The third kappa shape index (κ3) is 10.3. The van der Waals surface area contributed by atoms with Crippen LogP contribution in [-0.2, 0) is 9.53 Å². The van der Waals surface area contributed by atoms with Gasteiger partial charge in [0.25, 0.3) is 0 Å². The van der Waals surface area contributed by atoms with Crippen molar-refractivity contribution < 1.29 is 9.53 Å². The second-order valence-electron chi connectivity index (χ2n) is 5.76. The van der Waals surface area contributed by atoms with Gasteiger partial charge in [-0.2, -0.15) is 0 Å². The molecule has 0 aromatic rings. The van der Waals surface area contributed by atoms with Gasteiger partial charge < -0.3 is 10.1 Å². The van der Waals surface area contributed by atoms with E-state index in [2.05, 4.69) is 26.1 Å². The van der Waals surface area contributed by atoms with Crippen LogP contribution in [0.4, 0.5) is 0 Å². The number of unbranched alkanes of at least 4 members (excludes halogenated alkanes) is 2. The predicted molar refractivity (Wildman–Crippen MR) is 72.0 cm³/mol. The van der Waals surface area contributed by atoms with Crippen molar-refractivity contribution in [2.24, 2.45) is 5.41 Å². The van der Waals surface area contributed by atoms with Gasteiger partial charge in [-0.3, -0.25) is 4.79 Å². The summed E-state index contributed by atoms with van der Waals surface area (Å²) in [5.74, 6) is -0.163. The minimum atomic E-state index is -0.163. The Bertz CT molecular complexity index is 212. The molecule has 0 aliphatic carbocycles. The molecule has 17 heavy (non-hydrogen) atoms. The second-order valence-corrected chi connectivity index (χ2v) is 5.76. The Balaban J connectivity index is 3.67.